The molecule has 0 unspecified atom stereocenters. The van der Waals surface area contributed by atoms with E-state index >= 15 is 0 Å². The highest BCUT2D eigenvalue weighted by molar-refractivity contribution is 8.01. The van der Waals surface area contributed by atoms with Crippen LogP contribution in [0.2, 0.25) is 0 Å². The number of aldehydes is 1. The minimum absolute atomic E-state index is 0.584. The number of hydrogen-bond donors (Lipinski definition) is 0. The van der Waals surface area contributed by atoms with Gasteiger partial charge >= 0.3 is 0 Å². The van der Waals surface area contributed by atoms with E-state index in [-0.39, 0.29) is 0 Å². The van der Waals surface area contributed by atoms with Crippen molar-refractivity contribution in [3.05, 3.63) is 29.7 Å². The largest absolute Gasteiger partial charge is 0.298 e. The van der Waals surface area contributed by atoms with Gasteiger partial charge in [-0.3, -0.25) is 4.79 Å². The normalized spacial score (nSPS) is 10.3. The summed E-state index contributed by atoms with van der Waals surface area (Å²) >= 11 is 2.71. The Hall–Kier alpha value is -1.27. The molecule has 0 atom stereocenters. The highest BCUT2D eigenvalue weighted by Gasteiger charge is 2.08. The van der Waals surface area contributed by atoms with Crippen LogP contribution in [0, 0.1) is 0 Å². The fraction of sp³-hybridized carbons (Fsp3) is 0.200. The van der Waals surface area contributed by atoms with E-state index in [9.17, 15) is 4.79 Å². The molecule has 0 saturated carbocycles. The molecule has 82 valence electrons. The number of aromatic nitrogens is 3. The molecule has 2 rings (SSSR count). The van der Waals surface area contributed by atoms with Crippen molar-refractivity contribution in [3.8, 4) is 0 Å². The van der Waals surface area contributed by atoms with Gasteiger partial charge in [-0.05, 0) is 35.4 Å². The molecule has 0 aliphatic carbocycles. The maximum Gasteiger partial charge on any atom is 0.176 e. The molecule has 0 spiro atoms. The average Bonchev–Trinajstić information content (AvgIpc) is 2.77. The number of pyridine rings is 1. The first-order valence-corrected chi connectivity index (χ1v) is 6.33. The number of carbonyl (C=O) groups is 1. The van der Waals surface area contributed by atoms with Gasteiger partial charge in [-0.1, -0.05) is 6.92 Å². The molecule has 0 bridgehead atoms. The summed E-state index contributed by atoms with van der Waals surface area (Å²) in [4.78, 5) is 19.3. The minimum Gasteiger partial charge on any atom is -0.298 e. The zero-order chi connectivity index (χ0) is 11.4. The van der Waals surface area contributed by atoms with Gasteiger partial charge in [0.15, 0.2) is 10.6 Å². The van der Waals surface area contributed by atoms with Crippen LogP contribution in [-0.4, -0.2) is 20.6 Å². The topological polar surface area (TPSA) is 55.7 Å². The van der Waals surface area contributed by atoms with E-state index in [1.54, 1.807) is 18.3 Å². The van der Waals surface area contributed by atoms with Crippen molar-refractivity contribution in [2.75, 3.05) is 0 Å². The molecule has 0 amide bonds. The summed E-state index contributed by atoms with van der Waals surface area (Å²) < 4.78 is 5.00. The molecule has 0 radical (unpaired) electrons. The van der Waals surface area contributed by atoms with Gasteiger partial charge in [-0.15, -0.1) is 0 Å². The van der Waals surface area contributed by atoms with Crippen molar-refractivity contribution in [1.29, 1.82) is 0 Å². The van der Waals surface area contributed by atoms with Gasteiger partial charge in [-0.25, -0.2) is 9.97 Å². The molecule has 2 aromatic heterocycles. The molecule has 0 aromatic carbocycles. The predicted octanol–water partition coefficient (Wildman–Crippen LogP) is 2.46. The van der Waals surface area contributed by atoms with E-state index in [2.05, 4.69) is 14.3 Å². The Kier molecular flexibility index (Phi) is 3.63. The molecule has 2 aromatic rings. The summed E-state index contributed by atoms with van der Waals surface area (Å²) in [5, 5.41) is 0.677. The monoisotopic (exact) mass is 251 g/mol. The molecule has 4 nitrogen and oxygen atoms in total. The fourth-order valence-corrected chi connectivity index (χ4v) is 2.75. The quantitative estimate of drug-likeness (QED) is 0.781. The van der Waals surface area contributed by atoms with Crippen LogP contribution in [0.4, 0.5) is 0 Å². The maximum atomic E-state index is 10.8. The lowest BCUT2D eigenvalue weighted by atomic mass is 10.3. The summed E-state index contributed by atoms with van der Waals surface area (Å²) in [5.74, 6) is 0.830. The van der Waals surface area contributed by atoms with Crippen LogP contribution in [0.1, 0.15) is 23.1 Å². The van der Waals surface area contributed by atoms with Crippen molar-refractivity contribution in [3.63, 3.8) is 0 Å². The van der Waals surface area contributed by atoms with Crippen molar-refractivity contribution >= 4 is 29.6 Å². The van der Waals surface area contributed by atoms with Crippen LogP contribution in [0.25, 0.3) is 0 Å². The Morgan fingerprint density at radius 1 is 1.56 bits per heavy atom. The van der Waals surface area contributed by atoms with Crippen LogP contribution in [0.15, 0.2) is 27.7 Å². The van der Waals surface area contributed by atoms with E-state index in [0.717, 1.165) is 22.9 Å². The summed E-state index contributed by atoms with van der Waals surface area (Å²) in [5.41, 5.74) is 0.584. The van der Waals surface area contributed by atoms with Gasteiger partial charge in [0.05, 0.1) is 0 Å². The summed E-state index contributed by atoms with van der Waals surface area (Å²) in [6.45, 7) is 2.01. The van der Waals surface area contributed by atoms with E-state index in [4.69, 9.17) is 0 Å². The first kappa shape index (κ1) is 11.2. The minimum atomic E-state index is 0.584. The second-order valence-corrected chi connectivity index (χ2v) is 4.94. The third kappa shape index (κ3) is 2.45. The van der Waals surface area contributed by atoms with Gasteiger partial charge in [-0.2, -0.15) is 4.37 Å². The lowest BCUT2D eigenvalue weighted by Gasteiger charge is -1.98. The van der Waals surface area contributed by atoms with E-state index in [1.807, 2.05) is 6.92 Å². The Morgan fingerprint density at radius 3 is 3.12 bits per heavy atom. The molecule has 6 heteroatoms. The summed E-state index contributed by atoms with van der Waals surface area (Å²) in [6.07, 6.45) is 3.29. The zero-order valence-corrected chi connectivity index (χ0v) is 10.2. The molecule has 0 aliphatic heterocycles. The van der Waals surface area contributed by atoms with Crippen LogP contribution in [0.5, 0.6) is 0 Å². The molecule has 2 heterocycles. The fourth-order valence-electron chi connectivity index (χ4n) is 1.08. The molecule has 0 fully saturated rings. The van der Waals surface area contributed by atoms with Crippen molar-refractivity contribution in [2.24, 2.45) is 0 Å². The van der Waals surface area contributed by atoms with Crippen LogP contribution in [0.3, 0.4) is 0 Å². The Balaban J connectivity index is 2.22. The maximum absolute atomic E-state index is 10.8. The van der Waals surface area contributed by atoms with E-state index in [1.165, 1.54) is 23.3 Å². The highest BCUT2D eigenvalue weighted by atomic mass is 32.2. The van der Waals surface area contributed by atoms with Gasteiger partial charge in [0.25, 0.3) is 0 Å². The number of hydrogen-bond acceptors (Lipinski definition) is 6. The first-order chi connectivity index (χ1) is 7.83. The lowest BCUT2D eigenvalue weighted by Crippen LogP contribution is -1.88. The molecule has 0 N–H and O–H groups in total. The summed E-state index contributed by atoms with van der Waals surface area (Å²) in [7, 11) is 0. The molecular weight excluding hydrogens is 242 g/mol. The summed E-state index contributed by atoms with van der Waals surface area (Å²) in [6, 6.07) is 3.48. The van der Waals surface area contributed by atoms with Crippen molar-refractivity contribution < 1.29 is 4.79 Å². The Labute approximate surface area is 101 Å². The number of aryl methyl sites for hydroxylation is 1. The van der Waals surface area contributed by atoms with Crippen LogP contribution >= 0.6 is 23.3 Å². The molecule has 0 saturated heterocycles. The smallest absolute Gasteiger partial charge is 0.176 e. The van der Waals surface area contributed by atoms with Crippen molar-refractivity contribution in [2.45, 2.75) is 22.7 Å². The van der Waals surface area contributed by atoms with E-state index < -0.39 is 0 Å². The second kappa shape index (κ2) is 5.18. The lowest BCUT2D eigenvalue weighted by molar-refractivity contribution is 0.112. The predicted molar refractivity (Wildman–Crippen MR) is 63.0 cm³/mol. The average molecular weight is 251 g/mol. The van der Waals surface area contributed by atoms with Gasteiger partial charge < -0.3 is 0 Å². The Morgan fingerprint density at radius 2 is 2.44 bits per heavy atom. The SMILES string of the molecule is CCc1nsc(Sc2ncccc2C=O)n1. The number of carbonyl (C=O) groups excluding carboxylic acids is 1. The Bertz CT molecular complexity index is 498. The first-order valence-electron chi connectivity index (χ1n) is 4.74. The highest BCUT2D eigenvalue weighted by Crippen LogP contribution is 2.29. The zero-order valence-electron chi connectivity index (χ0n) is 8.58. The van der Waals surface area contributed by atoms with Crippen molar-refractivity contribution in [1.82, 2.24) is 14.3 Å². The standard InChI is InChI=1S/C10H9N3OS2/c1-2-8-12-10(16-13-8)15-9-7(6-14)4-3-5-11-9/h3-6H,2H2,1H3. The third-order valence-electron chi connectivity index (χ3n) is 1.88. The molecule has 16 heavy (non-hydrogen) atoms. The number of nitrogens with zero attached hydrogens (tertiary/aromatic N) is 3. The second-order valence-electron chi connectivity index (χ2n) is 2.95. The third-order valence-corrected chi connectivity index (χ3v) is 3.70. The number of rotatable bonds is 4. The van der Waals surface area contributed by atoms with Gasteiger partial charge in [0.1, 0.15) is 10.9 Å². The van der Waals surface area contributed by atoms with Crippen LogP contribution < -0.4 is 0 Å². The van der Waals surface area contributed by atoms with Gasteiger partial charge in [0, 0.05) is 18.2 Å². The van der Waals surface area contributed by atoms with Gasteiger partial charge in [0.2, 0.25) is 0 Å². The van der Waals surface area contributed by atoms with Crippen LogP contribution in [-0.2, 0) is 6.42 Å². The molecular formula is C10H9N3OS2. The van der Waals surface area contributed by atoms with E-state index in [0.29, 0.717) is 10.6 Å². The molecule has 0 aliphatic rings.